The van der Waals surface area contributed by atoms with Crippen molar-refractivity contribution in [2.75, 3.05) is 6.67 Å². The van der Waals surface area contributed by atoms with Gasteiger partial charge in [0.2, 0.25) is 0 Å². The average molecular weight is 406 g/mol. The molecule has 1 aromatic rings. The zero-order chi connectivity index (χ0) is 21.1. The van der Waals surface area contributed by atoms with Gasteiger partial charge in [-0.25, -0.2) is 8.78 Å². The molecule has 2 aliphatic carbocycles. The van der Waals surface area contributed by atoms with Gasteiger partial charge in [-0.1, -0.05) is 31.8 Å². The van der Waals surface area contributed by atoms with Crippen LogP contribution in [0.25, 0.3) is 0 Å². The van der Waals surface area contributed by atoms with E-state index in [4.69, 9.17) is 5.26 Å². The van der Waals surface area contributed by atoms with Gasteiger partial charge in [-0.3, -0.25) is 4.39 Å². The maximum atomic E-state index is 12.4. The van der Waals surface area contributed by atoms with Crippen molar-refractivity contribution in [2.45, 2.75) is 70.6 Å². The van der Waals surface area contributed by atoms with Gasteiger partial charge in [0.15, 0.2) is 0 Å². The van der Waals surface area contributed by atoms with Crippen molar-refractivity contribution in [2.24, 2.45) is 23.7 Å². The summed E-state index contributed by atoms with van der Waals surface area (Å²) < 4.78 is 36.9. The highest BCUT2D eigenvalue weighted by atomic mass is 19.1. The summed E-state index contributed by atoms with van der Waals surface area (Å²) in [4.78, 5) is 0. The predicted octanol–water partition coefficient (Wildman–Crippen LogP) is 7.76. The first-order chi connectivity index (χ1) is 14.1. The first-order valence-corrected chi connectivity index (χ1v) is 11.1. The van der Waals surface area contributed by atoms with E-state index in [1.54, 1.807) is 6.07 Å². The van der Waals surface area contributed by atoms with Gasteiger partial charge in [0, 0.05) is 6.07 Å². The van der Waals surface area contributed by atoms with E-state index in [0.717, 1.165) is 36.3 Å². The van der Waals surface area contributed by atoms with Crippen LogP contribution in [0.2, 0.25) is 0 Å². The average Bonchev–Trinajstić information content (AvgIpc) is 2.74. The van der Waals surface area contributed by atoms with E-state index in [1.165, 1.54) is 64.2 Å². The van der Waals surface area contributed by atoms with E-state index in [0.29, 0.717) is 12.0 Å². The SMILES string of the molecule is C=CCCC1CCC(C2CCC(CCF)CC2)CC1.N#Cc1ccc(F)cc1F. The van der Waals surface area contributed by atoms with Crippen LogP contribution in [0.3, 0.4) is 0 Å². The molecular weight excluding hydrogens is 371 g/mol. The van der Waals surface area contributed by atoms with Crippen LogP contribution in [-0.2, 0) is 0 Å². The zero-order valence-corrected chi connectivity index (χ0v) is 17.4. The van der Waals surface area contributed by atoms with Crippen LogP contribution < -0.4 is 0 Å². The quantitative estimate of drug-likeness (QED) is 0.444. The summed E-state index contributed by atoms with van der Waals surface area (Å²) >= 11 is 0. The number of rotatable bonds is 6. The Balaban J connectivity index is 0.000000253. The summed E-state index contributed by atoms with van der Waals surface area (Å²) in [6.45, 7) is 3.72. The predicted molar refractivity (Wildman–Crippen MR) is 112 cm³/mol. The fraction of sp³-hybridized carbons (Fsp3) is 0.640. The van der Waals surface area contributed by atoms with Crippen LogP contribution in [0.1, 0.15) is 76.2 Å². The fourth-order valence-corrected chi connectivity index (χ4v) is 4.98. The Hall–Kier alpha value is -1.76. The molecule has 4 heteroatoms. The molecule has 2 fully saturated rings. The molecule has 3 rings (SSSR count). The molecule has 0 aliphatic heterocycles. The first-order valence-electron chi connectivity index (χ1n) is 11.1. The molecule has 160 valence electrons. The molecule has 0 unspecified atom stereocenters. The van der Waals surface area contributed by atoms with Gasteiger partial charge in [-0.2, -0.15) is 5.26 Å². The maximum Gasteiger partial charge on any atom is 0.143 e. The molecule has 1 nitrogen and oxygen atoms in total. The number of halogens is 3. The fourth-order valence-electron chi connectivity index (χ4n) is 4.98. The second-order valence-electron chi connectivity index (χ2n) is 8.64. The van der Waals surface area contributed by atoms with Crippen molar-refractivity contribution in [3.8, 4) is 6.07 Å². The van der Waals surface area contributed by atoms with Crippen molar-refractivity contribution in [1.29, 1.82) is 5.26 Å². The first kappa shape index (κ1) is 23.5. The van der Waals surface area contributed by atoms with Crippen molar-refractivity contribution in [1.82, 2.24) is 0 Å². The number of benzene rings is 1. The van der Waals surface area contributed by atoms with Gasteiger partial charge in [0.05, 0.1) is 12.2 Å². The number of nitrogens with zero attached hydrogens (tertiary/aromatic N) is 1. The van der Waals surface area contributed by atoms with E-state index in [2.05, 4.69) is 12.7 Å². The van der Waals surface area contributed by atoms with Crippen LogP contribution >= 0.6 is 0 Å². The van der Waals surface area contributed by atoms with Gasteiger partial charge in [0.1, 0.15) is 17.7 Å². The Bertz CT molecular complexity index is 651. The Labute approximate surface area is 174 Å². The van der Waals surface area contributed by atoms with Crippen LogP contribution in [0.15, 0.2) is 30.9 Å². The standard InChI is InChI=1S/C18H31F.C7H3F2N/c1-2-3-4-15-5-9-17(10-6-15)18-11-7-16(8-12-18)13-14-19;8-6-2-1-5(4-10)7(9)3-6/h2,15-18H,1,3-14H2;1-3H. The highest BCUT2D eigenvalue weighted by Crippen LogP contribution is 2.42. The molecule has 0 saturated heterocycles. The lowest BCUT2D eigenvalue weighted by atomic mass is 9.68. The number of allylic oxidation sites excluding steroid dienone is 1. The van der Waals surface area contributed by atoms with Crippen molar-refractivity contribution < 1.29 is 13.2 Å². The van der Waals surface area contributed by atoms with E-state index in [-0.39, 0.29) is 12.2 Å². The van der Waals surface area contributed by atoms with Gasteiger partial charge in [0.25, 0.3) is 0 Å². The third kappa shape index (κ3) is 7.88. The minimum absolute atomic E-state index is 0.107. The number of nitriles is 1. The Morgan fingerprint density at radius 2 is 1.48 bits per heavy atom. The highest BCUT2D eigenvalue weighted by Gasteiger charge is 2.30. The minimum Gasteiger partial charge on any atom is -0.251 e. The Morgan fingerprint density at radius 3 is 1.93 bits per heavy atom. The summed E-state index contributed by atoms with van der Waals surface area (Å²) in [6.07, 6.45) is 16.6. The lowest BCUT2D eigenvalue weighted by molar-refractivity contribution is 0.139. The van der Waals surface area contributed by atoms with Gasteiger partial charge in [-0.15, -0.1) is 6.58 Å². The Kier molecular flexibility index (Phi) is 10.3. The lowest BCUT2D eigenvalue weighted by Gasteiger charge is -2.37. The van der Waals surface area contributed by atoms with Gasteiger partial charge in [-0.05, 0) is 80.8 Å². The molecule has 2 aliphatic rings. The highest BCUT2D eigenvalue weighted by molar-refractivity contribution is 5.30. The molecule has 0 amide bonds. The third-order valence-electron chi connectivity index (χ3n) is 6.80. The van der Waals surface area contributed by atoms with Crippen molar-refractivity contribution in [3.05, 3.63) is 48.1 Å². The zero-order valence-electron chi connectivity index (χ0n) is 17.4. The second kappa shape index (κ2) is 12.7. The smallest absolute Gasteiger partial charge is 0.143 e. The van der Waals surface area contributed by atoms with E-state index >= 15 is 0 Å². The van der Waals surface area contributed by atoms with E-state index < -0.39 is 11.6 Å². The van der Waals surface area contributed by atoms with Crippen LogP contribution in [0.5, 0.6) is 0 Å². The number of hydrogen-bond acceptors (Lipinski definition) is 1. The van der Waals surface area contributed by atoms with Gasteiger partial charge < -0.3 is 0 Å². The second-order valence-corrected chi connectivity index (χ2v) is 8.64. The maximum absolute atomic E-state index is 12.4. The molecule has 0 aromatic heterocycles. The molecule has 1 aromatic carbocycles. The summed E-state index contributed by atoms with van der Waals surface area (Å²) in [7, 11) is 0. The molecule has 29 heavy (non-hydrogen) atoms. The molecule has 0 bridgehead atoms. The summed E-state index contributed by atoms with van der Waals surface area (Å²) in [5.74, 6) is 2.14. The largest absolute Gasteiger partial charge is 0.251 e. The third-order valence-corrected chi connectivity index (χ3v) is 6.80. The molecule has 2 saturated carbocycles. The van der Waals surface area contributed by atoms with Crippen LogP contribution in [-0.4, -0.2) is 6.67 Å². The molecule has 0 spiro atoms. The molecular formula is C25H34F3N. The molecule has 0 N–H and O–H groups in total. The van der Waals surface area contributed by atoms with Crippen LogP contribution in [0, 0.1) is 46.6 Å². The summed E-state index contributed by atoms with van der Waals surface area (Å²) in [6, 6.07) is 4.41. The van der Waals surface area contributed by atoms with E-state index in [1.807, 2.05) is 0 Å². The summed E-state index contributed by atoms with van der Waals surface area (Å²) in [5.41, 5.74) is -0.138. The minimum atomic E-state index is -0.817. The molecule has 0 atom stereocenters. The van der Waals surface area contributed by atoms with Gasteiger partial charge >= 0.3 is 0 Å². The monoisotopic (exact) mass is 405 g/mol. The van der Waals surface area contributed by atoms with Crippen molar-refractivity contribution in [3.63, 3.8) is 0 Å². The van der Waals surface area contributed by atoms with Crippen molar-refractivity contribution >= 4 is 0 Å². The topological polar surface area (TPSA) is 23.8 Å². The van der Waals surface area contributed by atoms with Crippen LogP contribution in [0.4, 0.5) is 13.2 Å². The number of hydrogen-bond donors (Lipinski definition) is 0. The molecule has 0 radical (unpaired) electrons. The summed E-state index contributed by atoms with van der Waals surface area (Å²) in [5, 5.41) is 8.20. The Morgan fingerprint density at radius 1 is 0.931 bits per heavy atom. The lowest BCUT2D eigenvalue weighted by Crippen LogP contribution is -2.26. The normalized spacial score (nSPS) is 26.7. The van der Waals surface area contributed by atoms with E-state index in [9.17, 15) is 13.2 Å². The molecule has 0 heterocycles. The number of alkyl halides is 1.